The number of carbonyl (C=O) groups excluding carboxylic acids is 2. The molecular weight excluding hydrogens is 351 g/mol. The number of ether oxygens (including phenoxy) is 1. The van der Waals surface area contributed by atoms with Gasteiger partial charge in [0.2, 0.25) is 0 Å². The van der Waals surface area contributed by atoms with E-state index in [9.17, 15) is 9.59 Å². The number of benzene rings is 1. The van der Waals surface area contributed by atoms with Gasteiger partial charge in [0.25, 0.3) is 5.91 Å². The third kappa shape index (κ3) is 5.56. The van der Waals surface area contributed by atoms with Crippen molar-refractivity contribution in [1.29, 1.82) is 0 Å². The van der Waals surface area contributed by atoms with E-state index >= 15 is 0 Å². The second-order valence-electron chi connectivity index (χ2n) is 6.90. The Balaban J connectivity index is 1.97. The van der Waals surface area contributed by atoms with E-state index in [1.807, 2.05) is 20.8 Å². The Labute approximate surface area is 152 Å². The van der Waals surface area contributed by atoms with E-state index in [4.69, 9.17) is 27.9 Å². The molecule has 1 heterocycles. The normalized spacial score (nSPS) is 18.2. The Kier molecular flexibility index (Phi) is 5.99. The lowest BCUT2D eigenvalue weighted by Gasteiger charge is -2.34. The molecule has 7 heteroatoms. The summed E-state index contributed by atoms with van der Waals surface area (Å²) in [6.07, 6.45) is 1.26. The molecule has 1 saturated heterocycles. The van der Waals surface area contributed by atoms with Gasteiger partial charge in [-0.1, -0.05) is 23.2 Å². The molecule has 1 aromatic carbocycles. The molecule has 2 rings (SSSR count). The summed E-state index contributed by atoms with van der Waals surface area (Å²) in [4.78, 5) is 26.1. The molecular formula is C17H22Cl2N2O3. The van der Waals surface area contributed by atoms with Gasteiger partial charge < -0.3 is 15.0 Å². The quantitative estimate of drug-likeness (QED) is 0.848. The van der Waals surface area contributed by atoms with Crippen molar-refractivity contribution >= 4 is 35.2 Å². The highest BCUT2D eigenvalue weighted by Crippen LogP contribution is 2.20. The van der Waals surface area contributed by atoms with Crippen LogP contribution in [-0.2, 0) is 4.74 Å². The average Bonchev–Trinajstić information content (AvgIpc) is 2.44. The highest BCUT2D eigenvalue weighted by Gasteiger charge is 2.28. The maximum Gasteiger partial charge on any atom is 0.410 e. The van der Waals surface area contributed by atoms with Crippen molar-refractivity contribution in [3.63, 3.8) is 0 Å². The van der Waals surface area contributed by atoms with Crippen LogP contribution in [0.1, 0.15) is 44.0 Å². The summed E-state index contributed by atoms with van der Waals surface area (Å²) in [5, 5.41) is 3.75. The number of amides is 2. The Morgan fingerprint density at radius 3 is 2.42 bits per heavy atom. The minimum absolute atomic E-state index is 0.128. The lowest BCUT2D eigenvalue weighted by molar-refractivity contribution is 0.0185. The van der Waals surface area contributed by atoms with Gasteiger partial charge in [0.1, 0.15) is 5.60 Å². The number of carbonyl (C=O) groups is 2. The molecule has 0 aliphatic carbocycles. The third-order valence-electron chi connectivity index (χ3n) is 3.53. The first-order valence-corrected chi connectivity index (χ1v) is 8.64. The fraction of sp³-hybridized carbons (Fsp3) is 0.529. The molecule has 1 N–H and O–H groups in total. The first-order valence-electron chi connectivity index (χ1n) is 7.89. The Bertz CT molecular complexity index is 609. The molecule has 1 aliphatic rings. The maximum absolute atomic E-state index is 12.4. The zero-order valence-electron chi connectivity index (χ0n) is 14.1. The van der Waals surface area contributed by atoms with E-state index in [1.165, 1.54) is 0 Å². The first kappa shape index (κ1) is 18.9. The Morgan fingerprint density at radius 1 is 1.21 bits per heavy atom. The van der Waals surface area contributed by atoms with Gasteiger partial charge in [0, 0.05) is 34.7 Å². The minimum atomic E-state index is -0.537. The van der Waals surface area contributed by atoms with Gasteiger partial charge in [0.05, 0.1) is 0 Å². The van der Waals surface area contributed by atoms with Gasteiger partial charge >= 0.3 is 6.09 Å². The molecule has 0 spiro atoms. The highest BCUT2D eigenvalue weighted by molar-refractivity contribution is 6.35. The van der Waals surface area contributed by atoms with Gasteiger partial charge in [-0.3, -0.25) is 4.79 Å². The number of piperidine rings is 1. The summed E-state index contributed by atoms with van der Waals surface area (Å²) >= 11 is 11.9. The van der Waals surface area contributed by atoms with E-state index in [2.05, 4.69) is 5.32 Å². The molecule has 0 saturated carbocycles. The molecule has 0 aromatic heterocycles. The number of nitrogens with one attached hydrogen (secondary N) is 1. The molecule has 0 radical (unpaired) electrons. The second-order valence-corrected chi connectivity index (χ2v) is 7.77. The van der Waals surface area contributed by atoms with Gasteiger partial charge in [-0.25, -0.2) is 4.79 Å². The van der Waals surface area contributed by atoms with Crippen LogP contribution in [0.3, 0.4) is 0 Å². The monoisotopic (exact) mass is 372 g/mol. The van der Waals surface area contributed by atoms with Crippen molar-refractivity contribution in [3.05, 3.63) is 33.8 Å². The zero-order valence-corrected chi connectivity index (χ0v) is 15.6. The first-order chi connectivity index (χ1) is 11.1. The van der Waals surface area contributed by atoms with Crippen LogP contribution in [0, 0.1) is 0 Å². The maximum atomic E-state index is 12.4. The van der Waals surface area contributed by atoms with Crippen LogP contribution < -0.4 is 5.32 Å². The predicted octanol–water partition coefficient (Wildman–Crippen LogP) is 4.12. The van der Waals surface area contributed by atoms with Gasteiger partial charge in [0.15, 0.2) is 0 Å². The topological polar surface area (TPSA) is 58.6 Å². The number of halogens is 2. The molecule has 2 amide bonds. The van der Waals surface area contributed by atoms with E-state index in [1.54, 1.807) is 23.1 Å². The van der Waals surface area contributed by atoms with Crippen molar-refractivity contribution in [2.24, 2.45) is 0 Å². The van der Waals surface area contributed by atoms with Crippen LogP contribution in [-0.4, -0.2) is 41.6 Å². The standard InChI is InChI=1S/C17H22Cl2N2O3/c1-17(2,3)24-16(23)21-6-4-5-14(10-21)20-15(22)11-7-12(18)9-13(19)8-11/h7-9,14H,4-6,10H2,1-3H3,(H,20,22). The van der Waals surface area contributed by atoms with Crippen LogP contribution in [0.15, 0.2) is 18.2 Å². The molecule has 132 valence electrons. The highest BCUT2D eigenvalue weighted by atomic mass is 35.5. The number of hydrogen-bond acceptors (Lipinski definition) is 3. The SMILES string of the molecule is CC(C)(C)OC(=O)N1CCCC(NC(=O)c2cc(Cl)cc(Cl)c2)C1. The smallest absolute Gasteiger partial charge is 0.410 e. The lowest BCUT2D eigenvalue weighted by atomic mass is 10.1. The fourth-order valence-corrected chi connectivity index (χ4v) is 3.07. The van der Waals surface area contributed by atoms with Crippen molar-refractivity contribution < 1.29 is 14.3 Å². The lowest BCUT2D eigenvalue weighted by Crippen LogP contribution is -2.50. The largest absolute Gasteiger partial charge is 0.444 e. The molecule has 1 unspecified atom stereocenters. The molecule has 1 aromatic rings. The minimum Gasteiger partial charge on any atom is -0.444 e. The summed E-state index contributed by atoms with van der Waals surface area (Å²) in [6, 6.07) is 4.58. The fourth-order valence-electron chi connectivity index (χ4n) is 2.54. The van der Waals surface area contributed by atoms with Crippen LogP contribution in [0.2, 0.25) is 10.0 Å². The summed E-state index contributed by atoms with van der Waals surface area (Å²) in [6.45, 7) is 6.55. The second kappa shape index (κ2) is 7.62. The Morgan fingerprint density at radius 2 is 1.83 bits per heavy atom. The summed E-state index contributed by atoms with van der Waals surface area (Å²) in [5.41, 5.74) is -0.132. The number of nitrogens with zero attached hydrogens (tertiary/aromatic N) is 1. The average molecular weight is 373 g/mol. The number of rotatable bonds is 2. The van der Waals surface area contributed by atoms with Crippen LogP contribution in [0.25, 0.3) is 0 Å². The summed E-state index contributed by atoms with van der Waals surface area (Å²) in [5.74, 6) is -0.254. The Hall–Kier alpha value is -1.46. The van der Waals surface area contributed by atoms with Gasteiger partial charge in [-0.2, -0.15) is 0 Å². The van der Waals surface area contributed by atoms with E-state index in [0.29, 0.717) is 28.7 Å². The van der Waals surface area contributed by atoms with E-state index < -0.39 is 5.60 Å². The number of hydrogen-bond donors (Lipinski definition) is 1. The summed E-state index contributed by atoms with van der Waals surface area (Å²) < 4.78 is 5.39. The van der Waals surface area contributed by atoms with Gasteiger partial charge in [-0.05, 0) is 51.8 Å². The van der Waals surface area contributed by atoms with Crippen molar-refractivity contribution in [2.45, 2.75) is 45.3 Å². The van der Waals surface area contributed by atoms with Crippen LogP contribution >= 0.6 is 23.2 Å². The van der Waals surface area contributed by atoms with Gasteiger partial charge in [-0.15, -0.1) is 0 Å². The zero-order chi connectivity index (χ0) is 17.9. The molecule has 1 atom stereocenters. The van der Waals surface area contributed by atoms with E-state index in [0.717, 1.165) is 12.8 Å². The van der Waals surface area contributed by atoms with Crippen molar-refractivity contribution in [3.8, 4) is 0 Å². The van der Waals surface area contributed by atoms with Crippen molar-refractivity contribution in [2.75, 3.05) is 13.1 Å². The van der Waals surface area contributed by atoms with Crippen LogP contribution in [0.5, 0.6) is 0 Å². The van der Waals surface area contributed by atoms with E-state index in [-0.39, 0.29) is 18.0 Å². The van der Waals surface area contributed by atoms with Crippen molar-refractivity contribution in [1.82, 2.24) is 10.2 Å². The predicted molar refractivity (Wildman–Crippen MR) is 94.8 cm³/mol. The number of likely N-dealkylation sites (tertiary alicyclic amines) is 1. The van der Waals surface area contributed by atoms with Crippen LogP contribution in [0.4, 0.5) is 4.79 Å². The molecule has 1 fully saturated rings. The molecule has 5 nitrogen and oxygen atoms in total. The summed E-state index contributed by atoms with van der Waals surface area (Å²) in [7, 11) is 0. The third-order valence-corrected chi connectivity index (χ3v) is 3.97. The molecule has 1 aliphatic heterocycles. The molecule has 24 heavy (non-hydrogen) atoms. The molecule has 0 bridgehead atoms.